The van der Waals surface area contributed by atoms with Crippen LogP contribution < -0.4 is 0 Å². The molecular formula is C25H30N6O3. The molecule has 0 atom stereocenters. The van der Waals surface area contributed by atoms with Gasteiger partial charge in [-0.2, -0.15) is 5.10 Å². The highest BCUT2D eigenvalue weighted by Crippen LogP contribution is 2.24. The minimum Gasteiger partial charge on any atom is -0.459 e. The van der Waals surface area contributed by atoms with Crippen LogP contribution in [-0.4, -0.2) is 41.9 Å². The Balaban J connectivity index is 1.52. The van der Waals surface area contributed by atoms with Crippen molar-refractivity contribution < 1.29 is 13.6 Å². The number of furan rings is 1. The first-order chi connectivity index (χ1) is 16.4. The zero-order chi connectivity index (χ0) is 24.2. The standard InChI is InChI=1S/C25H30N6O3/c1-6-13-29(16-22-27-28-25(34-22)21-8-7-14-33-21)24(32)10-9-20-15-18(4)30(19(20)5)23-11-12-26-31(23)17(2)3/h7-12,14-15,17H,6,13,16H2,1-5H3. The van der Waals surface area contributed by atoms with Crippen LogP contribution in [0.4, 0.5) is 0 Å². The van der Waals surface area contributed by atoms with Crippen molar-refractivity contribution in [2.45, 2.75) is 53.6 Å². The van der Waals surface area contributed by atoms with E-state index in [1.54, 1.807) is 29.4 Å². The molecule has 0 spiro atoms. The van der Waals surface area contributed by atoms with E-state index in [4.69, 9.17) is 8.83 Å². The van der Waals surface area contributed by atoms with Gasteiger partial charge in [-0.05, 0) is 64.0 Å². The summed E-state index contributed by atoms with van der Waals surface area (Å²) < 4.78 is 15.1. The van der Waals surface area contributed by atoms with Gasteiger partial charge in [0.15, 0.2) is 5.76 Å². The molecule has 0 aliphatic rings. The van der Waals surface area contributed by atoms with Crippen LogP contribution in [0.2, 0.25) is 0 Å². The lowest BCUT2D eigenvalue weighted by atomic mass is 10.2. The lowest BCUT2D eigenvalue weighted by molar-refractivity contribution is -0.126. The number of rotatable bonds is 9. The first-order valence-electron chi connectivity index (χ1n) is 11.4. The van der Waals surface area contributed by atoms with Gasteiger partial charge in [-0.15, -0.1) is 10.2 Å². The number of nitrogens with zero attached hydrogens (tertiary/aromatic N) is 6. The lowest BCUT2D eigenvalue weighted by Gasteiger charge is -2.18. The third-order valence-electron chi connectivity index (χ3n) is 5.57. The SMILES string of the molecule is CCCN(Cc1nnc(-c2ccco2)o1)C(=O)C=Cc1cc(C)n(-c2ccnn2C(C)C)c1C. The van der Waals surface area contributed by atoms with Crippen LogP contribution in [-0.2, 0) is 11.3 Å². The second kappa shape index (κ2) is 9.94. The molecule has 1 amide bonds. The van der Waals surface area contributed by atoms with Crippen molar-refractivity contribution in [3.05, 3.63) is 65.6 Å². The fourth-order valence-corrected chi connectivity index (χ4v) is 3.98. The van der Waals surface area contributed by atoms with Crippen molar-refractivity contribution in [2.24, 2.45) is 0 Å². The van der Waals surface area contributed by atoms with E-state index in [2.05, 4.69) is 46.7 Å². The molecule has 0 radical (unpaired) electrons. The van der Waals surface area contributed by atoms with Crippen LogP contribution in [0, 0.1) is 13.8 Å². The molecule has 9 nitrogen and oxygen atoms in total. The van der Waals surface area contributed by atoms with E-state index < -0.39 is 0 Å². The summed E-state index contributed by atoms with van der Waals surface area (Å²) in [5, 5.41) is 12.5. The minimum absolute atomic E-state index is 0.114. The maximum absolute atomic E-state index is 13.0. The van der Waals surface area contributed by atoms with Gasteiger partial charge in [0.2, 0.25) is 11.8 Å². The first-order valence-corrected chi connectivity index (χ1v) is 11.4. The van der Waals surface area contributed by atoms with Gasteiger partial charge in [0.25, 0.3) is 5.89 Å². The van der Waals surface area contributed by atoms with Gasteiger partial charge in [0.05, 0.1) is 19.0 Å². The molecule has 178 valence electrons. The molecule has 0 unspecified atom stereocenters. The maximum atomic E-state index is 13.0. The van der Waals surface area contributed by atoms with Gasteiger partial charge in [0, 0.05) is 36.1 Å². The average molecular weight is 463 g/mol. The summed E-state index contributed by atoms with van der Waals surface area (Å²) in [6.45, 7) is 11.1. The van der Waals surface area contributed by atoms with E-state index in [0.29, 0.717) is 24.1 Å². The monoisotopic (exact) mass is 462 g/mol. The van der Waals surface area contributed by atoms with Crippen molar-refractivity contribution in [3.63, 3.8) is 0 Å². The predicted molar refractivity (Wildman–Crippen MR) is 128 cm³/mol. The maximum Gasteiger partial charge on any atom is 0.283 e. The Kier molecular flexibility index (Phi) is 6.81. The molecule has 0 aliphatic heterocycles. The normalized spacial score (nSPS) is 11.7. The van der Waals surface area contributed by atoms with Gasteiger partial charge in [-0.25, -0.2) is 4.68 Å². The second-order valence-electron chi connectivity index (χ2n) is 8.46. The zero-order valence-electron chi connectivity index (χ0n) is 20.2. The van der Waals surface area contributed by atoms with E-state index in [1.807, 2.05) is 36.9 Å². The summed E-state index contributed by atoms with van der Waals surface area (Å²) in [5.74, 6) is 2.05. The van der Waals surface area contributed by atoms with Crippen molar-refractivity contribution in [2.75, 3.05) is 6.54 Å². The molecule has 34 heavy (non-hydrogen) atoms. The molecule has 0 aliphatic carbocycles. The van der Waals surface area contributed by atoms with E-state index in [1.165, 1.54) is 0 Å². The van der Waals surface area contributed by atoms with Crippen LogP contribution in [0.5, 0.6) is 0 Å². The summed E-state index contributed by atoms with van der Waals surface area (Å²) in [6, 6.07) is 7.83. The average Bonchev–Trinajstić information content (AvgIpc) is 3.59. The van der Waals surface area contributed by atoms with Gasteiger partial charge in [0.1, 0.15) is 5.82 Å². The highest BCUT2D eigenvalue weighted by molar-refractivity contribution is 5.92. The largest absolute Gasteiger partial charge is 0.459 e. The Labute approximate surface area is 198 Å². The Morgan fingerprint density at radius 1 is 1.24 bits per heavy atom. The van der Waals surface area contributed by atoms with E-state index in [9.17, 15) is 4.79 Å². The first kappa shape index (κ1) is 23.3. The molecule has 0 N–H and O–H groups in total. The molecule has 0 aromatic carbocycles. The van der Waals surface area contributed by atoms with Gasteiger partial charge in [-0.3, -0.25) is 4.79 Å². The Morgan fingerprint density at radius 3 is 2.76 bits per heavy atom. The number of hydrogen-bond acceptors (Lipinski definition) is 6. The predicted octanol–water partition coefficient (Wildman–Crippen LogP) is 4.97. The topological polar surface area (TPSA) is 95.1 Å². The molecule has 0 saturated heterocycles. The van der Waals surface area contributed by atoms with Crippen molar-refractivity contribution >= 4 is 12.0 Å². The fraction of sp³-hybridized carbons (Fsp3) is 0.360. The minimum atomic E-state index is -0.114. The van der Waals surface area contributed by atoms with Crippen molar-refractivity contribution in [1.29, 1.82) is 0 Å². The molecule has 4 aromatic heterocycles. The lowest BCUT2D eigenvalue weighted by Crippen LogP contribution is -2.29. The Bertz CT molecular complexity index is 1280. The molecule has 4 aromatic rings. The fourth-order valence-electron chi connectivity index (χ4n) is 3.98. The van der Waals surface area contributed by atoms with E-state index in [-0.39, 0.29) is 18.5 Å². The number of carbonyl (C=O) groups is 1. The number of amides is 1. The third kappa shape index (κ3) is 4.73. The summed E-state index contributed by atoms with van der Waals surface area (Å²) in [4.78, 5) is 14.7. The second-order valence-corrected chi connectivity index (χ2v) is 8.46. The summed E-state index contributed by atoms with van der Waals surface area (Å²) in [7, 11) is 0. The molecule has 0 saturated carbocycles. The van der Waals surface area contributed by atoms with Gasteiger partial charge >= 0.3 is 0 Å². The molecular weight excluding hydrogens is 432 g/mol. The number of carbonyl (C=O) groups excluding carboxylic acids is 1. The van der Waals surface area contributed by atoms with Gasteiger partial charge in [-0.1, -0.05) is 6.92 Å². The number of hydrogen-bond donors (Lipinski definition) is 0. The van der Waals surface area contributed by atoms with Crippen LogP contribution in [0.3, 0.4) is 0 Å². The summed E-state index contributed by atoms with van der Waals surface area (Å²) in [5.41, 5.74) is 3.11. The van der Waals surface area contributed by atoms with Crippen LogP contribution in [0.25, 0.3) is 23.5 Å². The Morgan fingerprint density at radius 2 is 2.06 bits per heavy atom. The van der Waals surface area contributed by atoms with E-state index in [0.717, 1.165) is 29.2 Å². The quantitative estimate of drug-likeness (QED) is 0.326. The van der Waals surface area contributed by atoms with Crippen molar-refractivity contribution in [1.82, 2.24) is 29.4 Å². The van der Waals surface area contributed by atoms with Crippen molar-refractivity contribution in [3.8, 4) is 17.5 Å². The summed E-state index contributed by atoms with van der Waals surface area (Å²) in [6.07, 6.45) is 7.63. The smallest absolute Gasteiger partial charge is 0.283 e. The molecule has 0 bridgehead atoms. The molecule has 0 fully saturated rings. The molecule has 4 heterocycles. The van der Waals surface area contributed by atoms with Crippen LogP contribution >= 0.6 is 0 Å². The Hall–Kier alpha value is -3.88. The summed E-state index contributed by atoms with van der Waals surface area (Å²) >= 11 is 0. The van der Waals surface area contributed by atoms with Crippen LogP contribution in [0.15, 0.2) is 51.6 Å². The zero-order valence-corrected chi connectivity index (χ0v) is 20.2. The van der Waals surface area contributed by atoms with E-state index >= 15 is 0 Å². The van der Waals surface area contributed by atoms with Gasteiger partial charge < -0.3 is 18.3 Å². The highest BCUT2D eigenvalue weighted by atomic mass is 16.4. The third-order valence-corrected chi connectivity index (χ3v) is 5.57. The molecule has 4 rings (SSSR count). The highest BCUT2D eigenvalue weighted by Gasteiger charge is 2.18. The van der Waals surface area contributed by atoms with Crippen LogP contribution in [0.1, 0.15) is 56.1 Å². The number of aryl methyl sites for hydroxylation is 1. The number of aromatic nitrogens is 5. The molecule has 9 heteroatoms.